The number of rotatable bonds is 3. The van der Waals surface area contributed by atoms with Crippen LogP contribution in [0.1, 0.15) is 0 Å². The molecule has 0 spiro atoms. The fourth-order valence-corrected chi connectivity index (χ4v) is 3.13. The van der Waals surface area contributed by atoms with E-state index in [4.69, 9.17) is 16.7 Å². The molecular formula is C21H15ClN2. The summed E-state index contributed by atoms with van der Waals surface area (Å²) in [6.07, 6.45) is 0. The van der Waals surface area contributed by atoms with Crippen molar-refractivity contribution in [3.8, 4) is 28.1 Å². The van der Waals surface area contributed by atoms with Gasteiger partial charge in [0.2, 0.25) is 0 Å². The van der Waals surface area contributed by atoms with E-state index in [-0.39, 0.29) is 0 Å². The molecule has 0 saturated heterocycles. The van der Waals surface area contributed by atoms with Crippen LogP contribution in [0.15, 0.2) is 91.0 Å². The molecular weight excluding hydrogens is 316 g/mol. The normalized spacial score (nSPS) is 10.7. The summed E-state index contributed by atoms with van der Waals surface area (Å²) in [4.78, 5) is 0. The van der Waals surface area contributed by atoms with E-state index in [0.29, 0.717) is 5.15 Å². The number of aromatic nitrogens is 2. The smallest absolute Gasteiger partial charge is 0.141 e. The number of nitrogens with zero attached hydrogens (tertiary/aromatic N) is 2. The Morgan fingerprint density at radius 1 is 0.625 bits per heavy atom. The summed E-state index contributed by atoms with van der Waals surface area (Å²) in [7, 11) is 0. The van der Waals surface area contributed by atoms with Crippen molar-refractivity contribution in [1.82, 2.24) is 9.78 Å². The average Bonchev–Trinajstić information content (AvgIpc) is 3.01. The Bertz CT molecular complexity index is 945. The van der Waals surface area contributed by atoms with Gasteiger partial charge in [-0.05, 0) is 17.7 Å². The van der Waals surface area contributed by atoms with Crippen molar-refractivity contribution in [2.24, 2.45) is 0 Å². The van der Waals surface area contributed by atoms with Gasteiger partial charge in [-0.15, -0.1) is 0 Å². The molecule has 2 nitrogen and oxygen atoms in total. The Morgan fingerprint density at radius 3 is 1.71 bits per heavy atom. The maximum atomic E-state index is 6.75. The maximum Gasteiger partial charge on any atom is 0.141 e. The Hall–Kier alpha value is -2.84. The Morgan fingerprint density at radius 2 is 1.12 bits per heavy atom. The van der Waals surface area contributed by atoms with Crippen molar-refractivity contribution in [2.45, 2.75) is 0 Å². The molecule has 0 radical (unpaired) electrons. The van der Waals surface area contributed by atoms with E-state index >= 15 is 0 Å². The lowest BCUT2D eigenvalue weighted by Crippen LogP contribution is -1.95. The third-order valence-corrected chi connectivity index (χ3v) is 4.29. The van der Waals surface area contributed by atoms with Gasteiger partial charge in [0, 0.05) is 11.1 Å². The van der Waals surface area contributed by atoms with Gasteiger partial charge in [-0.1, -0.05) is 90.5 Å². The van der Waals surface area contributed by atoms with E-state index in [1.54, 1.807) is 4.68 Å². The first-order chi connectivity index (χ1) is 11.8. The third-order valence-electron chi connectivity index (χ3n) is 3.94. The van der Waals surface area contributed by atoms with E-state index in [0.717, 1.165) is 28.1 Å². The monoisotopic (exact) mass is 330 g/mol. The third kappa shape index (κ3) is 2.61. The zero-order chi connectivity index (χ0) is 16.4. The number of hydrogen-bond acceptors (Lipinski definition) is 1. The molecule has 24 heavy (non-hydrogen) atoms. The van der Waals surface area contributed by atoms with E-state index in [2.05, 4.69) is 24.3 Å². The summed E-state index contributed by atoms with van der Waals surface area (Å²) in [6.45, 7) is 0. The van der Waals surface area contributed by atoms with Crippen LogP contribution in [0.3, 0.4) is 0 Å². The SMILES string of the molecule is Clc1c(-c2ccccc2)c(-c2ccccc2)nn1-c1ccccc1. The average molecular weight is 331 g/mol. The van der Waals surface area contributed by atoms with Gasteiger partial charge < -0.3 is 0 Å². The van der Waals surface area contributed by atoms with Crippen molar-refractivity contribution < 1.29 is 0 Å². The predicted molar refractivity (Wildman–Crippen MR) is 99.4 cm³/mol. The van der Waals surface area contributed by atoms with Crippen LogP contribution >= 0.6 is 11.6 Å². The molecule has 0 aliphatic heterocycles. The molecule has 0 N–H and O–H groups in total. The molecule has 3 aromatic carbocycles. The molecule has 0 aliphatic rings. The van der Waals surface area contributed by atoms with Crippen LogP contribution in [-0.4, -0.2) is 9.78 Å². The van der Waals surface area contributed by atoms with Crippen LogP contribution in [0.4, 0.5) is 0 Å². The summed E-state index contributed by atoms with van der Waals surface area (Å²) in [5, 5.41) is 5.43. The lowest BCUT2D eigenvalue weighted by molar-refractivity contribution is 0.885. The molecule has 0 amide bonds. The molecule has 4 aromatic rings. The number of hydrogen-bond donors (Lipinski definition) is 0. The van der Waals surface area contributed by atoms with Crippen LogP contribution in [0.2, 0.25) is 5.15 Å². The fourth-order valence-electron chi connectivity index (χ4n) is 2.80. The lowest BCUT2D eigenvalue weighted by Gasteiger charge is -2.04. The highest BCUT2D eigenvalue weighted by molar-refractivity contribution is 6.33. The Balaban J connectivity index is 1.99. The Kier molecular flexibility index (Phi) is 3.89. The molecule has 1 heterocycles. The highest BCUT2D eigenvalue weighted by Crippen LogP contribution is 2.38. The van der Waals surface area contributed by atoms with Gasteiger partial charge in [0.05, 0.1) is 5.69 Å². The first-order valence-electron chi connectivity index (χ1n) is 7.79. The summed E-state index contributed by atoms with van der Waals surface area (Å²) in [6, 6.07) is 30.2. The van der Waals surface area contributed by atoms with Crippen molar-refractivity contribution >= 4 is 11.6 Å². The van der Waals surface area contributed by atoms with Gasteiger partial charge in [-0.3, -0.25) is 0 Å². The van der Waals surface area contributed by atoms with E-state index in [1.165, 1.54) is 0 Å². The van der Waals surface area contributed by atoms with E-state index in [9.17, 15) is 0 Å². The van der Waals surface area contributed by atoms with Crippen LogP contribution < -0.4 is 0 Å². The maximum absolute atomic E-state index is 6.75. The minimum Gasteiger partial charge on any atom is -0.221 e. The molecule has 0 aliphatic carbocycles. The Labute approximate surface area is 146 Å². The molecule has 4 rings (SSSR count). The molecule has 0 atom stereocenters. The summed E-state index contributed by atoms with van der Waals surface area (Å²) in [5.74, 6) is 0. The zero-order valence-corrected chi connectivity index (χ0v) is 13.7. The fraction of sp³-hybridized carbons (Fsp3) is 0. The van der Waals surface area contributed by atoms with Gasteiger partial charge >= 0.3 is 0 Å². The van der Waals surface area contributed by atoms with Crippen molar-refractivity contribution in [3.05, 3.63) is 96.1 Å². The number of benzene rings is 3. The topological polar surface area (TPSA) is 17.8 Å². The minimum absolute atomic E-state index is 0.617. The predicted octanol–water partition coefficient (Wildman–Crippen LogP) is 5.86. The molecule has 116 valence electrons. The molecule has 0 fully saturated rings. The number of para-hydroxylation sites is 1. The van der Waals surface area contributed by atoms with Crippen molar-refractivity contribution in [1.29, 1.82) is 0 Å². The lowest BCUT2D eigenvalue weighted by atomic mass is 10.0. The van der Waals surface area contributed by atoms with Crippen LogP contribution in [-0.2, 0) is 0 Å². The molecule has 0 saturated carbocycles. The van der Waals surface area contributed by atoms with Crippen LogP contribution in [0.5, 0.6) is 0 Å². The van der Waals surface area contributed by atoms with Crippen molar-refractivity contribution in [3.63, 3.8) is 0 Å². The standard InChI is InChI=1S/C21H15ClN2/c22-21-19(16-10-4-1-5-11-16)20(17-12-6-2-7-13-17)23-24(21)18-14-8-3-9-15-18/h1-15H. The molecule has 0 unspecified atom stereocenters. The van der Waals surface area contributed by atoms with Crippen molar-refractivity contribution in [2.75, 3.05) is 0 Å². The highest BCUT2D eigenvalue weighted by Gasteiger charge is 2.19. The van der Waals surface area contributed by atoms with Gasteiger partial charge in [0.25, 0.3) is 0 Å². The van der Waals surface area contributed by atoms with Crippen LogP contribution in [0.25, 0.3) is 28.1 Å². The molecule has 0 bridgehead atoms. The van der Waals surface area contributed by atoms with E-state index in [1.807, 2.05) is 66.7 Å². The number of halogens is 1. The van der Waals surface area contributed by atoms with Gasteiger partial charge in [0.15, 0.2) is 0 Å². The molecule has 3 heteroatoms. The second-order valence-electron chi connectivity index (χ2n) is 5.49. The zero-order valence-electron chi connectivity index (χ0n) is 12.9. The quantitative estimate of drug-likeness (QED) is 0.460. The van der Waals surface area contributed by atoms with Crippen LogP contribution in [0, 0.1) is 0 Å². The van der Waals surface area contributed by atoms with Gasteiger partial charge in [-0.2, -0.15) is 5.10 Å². The second-order valence-corrected chi connectivity index (χ2v) is 5.85. The van der Waals surface area contributed by atoms with E-state index < -0.39 is 0 Å². The van der Waals surface area contributed by atoms with Gasteiger partial charge in [-0.25, -0.2) is 4.68 Å². The first kappa shape index (κ1) is 14.7. The summed E-state index contributed by atoms with van der Waals surface area (Å²) < 4.78 is 1.80. The second kappa shape index (κ2) is 6.34. The molecule has 1 aromatic heterocycles. The van der Waals surface area contributed by atoms with Gasteiger partial charge in [0.1, 0.15) is 10.8 Å². The highest BCUT2D eigenvalue weighted by atomic mass is 35.5. The largest absolute Gasteiger partial charge is 0.221 e. The summed E-state index contributed by atoms with van der Waals surface area (Å²) in [5.41, 5.74) is 4.89. The summed E-state index contributed by atoms with van der Waals surface area (Å²) >= 11 is 6.75. The first-order valence-corrected chi connectivity index (χ1v) is 8.17. The minimum atomic E-state index is 0.617.